The van der Waals surface area contributed by atoms with Gasteiger partial charge in [-0.1, -0.05) is 6.07 Å². The van der Waals surface area contributed by atoms with Crippen LogP contribution in [0.1, 0.15) is 11.7 Å². The van der Waals surface area contributed by atoms with Gasteiger partial charge in [-0.25, -0.2) is 4.98 Å². The van der Waals surface area contributed by atoms with Gasteiger partial charge >= 0.3 is 0 Å². The molecule has 3 rings (SSSR count). The fraction of sp³-hybridized carbons (Fsp3) is 0.385. The molecular weight excluding hydrogens is 228 g/mol. The summed E-state index contributed by atoms with van der Waals surface area (Å²) in [4.78, 5) is 6.64. The molecule has 2 aromatic rings. The topological polar surface area (TPSA) is 43.2 Å². The fourth-order valence-electron chi connectivity index (χ4n) is 2.21. The number of ether oxygens (including phenoxy) is 1. The first-order chi connectivity index (χ1) is 8.83. The van der Waals surface area contributed by atoms with Crippen LogP contribution < -0.4 is 4.90 Å². The van der Waals surface area contributed by atoms with Crippen molar-refractivity contribution < 1.29 is 4.74 Å². The van der Waals surface area contributed by atoms with Crippen LogP contribution in [0.4, 0.5) is 5.82 Å². The molecule has 18 heavy (non-hydrogen) atoms. The summed E-state index contributed by atoms with van der Waals surface area (Å²) in [6.07, 6.45) is 5.78. The van der Waals surface area contributed by atoms with E-state index in [1.54, 1.807) is 4.68 Å². The zero-order valence-electron chi connectivity index (χ0n) is 10.4. The summed E-state index contributed by atoms with van der Waals surface area (Å²) in [5, 5.41) is 4.19. The lowest BCUT2D eigenvalue weighted by Crippen LogP contribution is -2.38. The normalized spacial score (nSPS) is 20.1. The van der Waals surface area contributed by atoms with Crippen molar-refractivity contribution in [2.24, 2.45) is 7.05 Å². The molecule has 2 aromatic heterocycles. The van der Waals surface area contributed by atoms with Crippen molar-refractivity contribution in [3.05, 3.63) is 42.4 Å². The molecule has 0 aromatic carbocycles. The van der Waals surface area contributed by atoms with Crippen LogP contribution in [0.15, 0.2) is 36.8 Å². The molecule has 5 heteroatoms. The van der Waals surface area contributed by atoms with Crippen molar-refractivity contribution in [3.8, 4) is 0 Å². The molecule has 0 spiro atoms. The van der Waals surface area contributed by atoms with E-state index in [-0.39, 0.29) is 6.10 Å². The molecular formula is C13H16N4O. The van der Waals surface area contributed by atoms with Gasteiger partial charge in [-0.3, -0.25) is 4.68 Å². The molecule has 1 aliphatic heterocycles. The number of aryl methyl sites for hydroxylation is 1. The van der Waals surface area contributed by atoms with Gasteiger partial charge in [0.05, 0.1) is 12.8 Å². The molecule has 94 valence electrons. The van der Waals surface area contributed by atoms with E-state index in [2.05, 4.69) is 15.0 Å². The summed E-state index contributed by atoms with van der Waals surface area (Å²) < 4.78 is 7.61. The van der Waals surface area contributed by atoms with Crippen molar-refractivity contribution >= 4 is 5.82 Å². The zero-order valence-corrected chi connectivity index (χ0v) is 10.4. The number of aromatic nitrogens is 3. The number of hydrogen-bond donors (Lipinski definition) is 0. The Balaban J connectivity index is 1.76. The van der Waals surface area contributed by atoms with E-state index < -0.39 is 0 Å². The van der Waals surface area contributed by atoms with Gasteiger partial charge < -0.3 is 9.64 Å². The maximum atomic E-state index is 5.81. The monoisotopic (exact) mass is 244 g/mol. The number of pyridine rings is 1. The smallest absolute Gasteiger partial charge is 0.128 e. The van der Waals surface area contributed by atoms with Crippen LogP contribution in [0, 0.1) is 0 Å². The highest BCUT2D eigenvalue weighted by molar-refractivity contribution is 5.38. The predicted molar refractivity (Wildman–Crippen MR) is 68.4 cm³/mol. The molecule has 1 unspecified atom stereocenters. The first-order valence-electron chi connectivity index (χ1n) is 6.09. The largest absolute Gasteiger partial charge is 0.370 e. The molecule has 1 fully saturated rings. The number of rotatable bonds is 2. The van der Waals surface area contributed by atoms with Crippen LogP contribution in [0.3, 0.4) is 0 Å². The van der Waals surface area contributed by atoms with E-state index in [1.807, 2.05) is 43.8 Å². The highest BCUT2D eigenvalue weighted by atomic mass is 16.5. The molecule has 0 radical (unpaired) electrons. The first kappa shape index (κ1) is 11.2. The van der Waals surface area contributed by atoms with Gasteiger partial charge in [-0.05, 0) is 12.1 Å². The summed E-state index contributed by atoms with van der Waals surface area (Å²) in [6.45, 7) is 2.42. The van der Waals surface area contributed by atoms with Crippen molar-refractivity contribution in [1.82, 2.24) is 14.8 Å². The standard InChI is InChI=1S/C13H16N4O/c1-16-9-11(8-15-16)12-10-17(6-7-18-12)13-4-2-3-5-14-13/h2-5,8-9,12H,6-7,10H2,1H3. The third-order valence-corrected chi connectivity index (χ3v) is 3.14. The second-order valence-electron chi connectivity index (χ2n) is 4.44. The maximum Gasteiger partial charge on any atom is 0.128 e. The van der Waals surface area contributed by atoms with E-state index in [9.17, 15) is 0 Å². The second-order valence-corrected chi connectivity index (χ2v) is 4.44. The highest BCUT2D eigenvalue weighted by Crippen LogP contribution is 2.24. The summed E-state index contributed by atoms with van der Waals surface area (Å²) in [7, 11) is 1.92. The van der Waals surface area contributed by atoms with E-state index in [0.717, 1.165) is 31.1 Å². The highest BCUT2D eigenvalue weighted by Gasteiger charge is 2.23. The molecule has 0 amide bonds. The molecule has 1 aliphatic rings. The molecule has 5 nitrogen and oxygen atoms in total. The summed E-state index contributed by atoms with van der Waals surface area (Å²) in [5.41, 5.74) is 1.12. The lowest BCUT2D eigenvalue weighted by atomic mass is 10.1. The quantitative estimate of drug-likeness (QED) is 0.800. The molecule has 0 bridgehead atoms. The number of anilines is 1. The fourth-order valence-corrected chi connectivity index (χ4v) is 2.21. The Morgan fingerprint density at radius 3 is 3.06 bits per heavy atom. The average molecular weight is 244 g/mol. The van der Waals surface area contributed by atoms with Crippen LogP contribution in [0.5, 0.6) is 0 Å². The first-order valence-corrected chi connectivity index (χ1v) is 6.09. The Hall–Kier alpha value is -1.88. The minimum atomic E-state index is 0.0782. The van der Waals surface area contributed by atoms with E-state index in [4.69, 9.17) is 4.74 Å². The Labute approximate surface area is 106 Å². The Kier molecular flexibility index (Phi) is 2.98. The van der Waals surface area contributed by atoms with Gasteiger partial charge in [0.1, 0.15) is 11.9 Å². The summed E-state index contributed by atoms with van der Waals surface area (Å²) in [5.74, 6) is 1.01. The van der Waals surface area contributed by atoms with E-state index in [0.29, 0.717) is 0 Å². The zero-order chi connectivity index (χ0) is 12.4. The van der Waals surface area contributed by atoms with Crippen molar-refractivity contribution in [2.45, 2.75) is 6.10 Å². The number of nitrogens with zero attached hydrogens (tertiary/aromatic N) is 4. The third kappa shape index (κ3) is 2.22. The van der Waals surface area contributed by atoms with Crippen LogP contribution >= 0.6 is 0 Å². The van der Waals surface area contributed by atoms with E-state index in [1.165, 1.54) is 0 Å². The van der Waals surface area contributed by atoms with Gasteiger partial charge in [-0.15, -0.1) is 0 Å². The van der Waals surface area contributed by atoms with Gasteiger partial charge in [0, 0.05) is 38.1 Å². The molecule has 3 heterocycles. The lowest BCUT2D eigenvalue weighted by Gasteiger charge is -2.33. The average Bonchev–Trinajstić information content (AvgIpc) is 2.87. The van der Waals surface area contributed by atoms with Crippen molar-refractivity contribution in [1.29, 1.82) is 0 Å². The molecule has 1 atom stereocenters. The molecule has 1 saturated heterocycles. The van der Waals surface area contributed by atoms with E-state index >= 15 is 0 Å². The van der Waals surface area contributed by atoms with Gasteiger partial charge in [0.2, 0.25) is 0 Å². The summed E-state index contributed by atoms with van der Waals surface area (Å²) in [6, 6.07) is 5.98. The number of morpholine rings is 1. The minimum Gasteiger partial charge on any atom is -0.370 e. The second kappa shape index (κ2) is 4.78. The van der Waals surface area contributed by atoms with Crippen LogP contribution in [-0.2, 0) is 11.8 Å². The Morgan fingerprint density at radius 2 is 2.33 bits per heavy atom. The third-order valence-electron chi connectivity index (χ3n) is 3.14. The molecule has 0 N–H and O–H groups in total. The van der Waals surface area contributed by atoms with Gasteiger partial charge in [0.15, 0.2) is 0 Å². The predicted octanol–water partition coefficient (Wildman–Crippen LogP) is 1.39. The van der Waals surface area contributed by atoms with Gasteiger partial charge in [0.25, 0.3) is 0 Å². The Bertz CT molecular complexity index is 511. The minimum absolute atomic E-state index is 0.0782. The van der Waals surface area contributed by atoms with Crippen LogP contribution in [0.25, 0.3) is 0 Å². The van der Waals surface area contributed by atoms with Crippen molar-refractivity contribution in [2.75, 3.05) is 24.6 Å². The Morgan fingerprint density at radius 1 is 1.39 bits per heavy atom. The summed E-state index contributed by atoms with van der Waals surface area (Å²) >= 11 is 0. The van der Waals surface area contributed by atoms with Crippen molar-refractivity contribution in [3.63, 3.8) is 0 Å². The molecule has 0 saturated carbocycles. The van der Waals surface area contributed by atoms with Crippen LogP contribution in [0.2, 0.25) is 0 Å². The maximum absolute atomic E-state index is 5.81. The molecule has 0 aliphatic carbocycles. The lowest BCUT2D eigenvalue weighted by molar-refractivity contribution is 0.0395. The van der Waals surface area contributed by atoms with Gasteiger partial charge in [-0.2, -0.15) is 5.10 Å². The number of hydrogen-bond acceptors (Lipinski definition) is 4. The SMILES string of the molecule is Cn1cc(C2CN(c3ccccn3)CCO2)cn1. The van der Waals surface area contributed by atoms with Crippen LogP contribution in [-0.4, -0.2) is 34.5 Å².